The summed E-state index contributed by atoms with van der Waals surface area (Å²) in [4.78, 5) is 2.58. The molecule has 1 aliphatic heterocycles. The molecule has 3 aromatic heterocycles. The Balaban J connectivity index is 1.39. The number of piperidine rings is 1. The van der Waals surface area contributed by atoms with Crippen LogP contribution in [0.4, 0.5) is 0 Å². The second-order valence-electron chi connectivity index (χ2n) is 8.75. The van der Waals surface area contributed by atoms with Crippen molar-refractivity contribution in [3.05, 3.63) is 59.7 Å². The van der Waals surface area contributed by atoms with Crippen LogP contribution in [0.3, 0.4) is 0 Å². The lowest BCUT2D eigenvalue weighted by atomic mass is 9.98. The van der Waals surface area contributed by atoms with Crippen LogP contribution in [0, 0.1) is 0 Å². The summed E-state index contributed by atoms with van der Waals surface area (Å²) in [6, 6.07) is 16.4. The Hall–Kier alpha value is -2.56. The van der Waals surface area contributed by atoms with E-state index in [0.29, 0.717) is 12.4 Å². The predicted octanol–water partition coefficient (Wildman–Crippen LogP) is 5.86. The lowest BCUT2D eigenvalue weighted by Crippen LogP contribution is -2.31. The SMILES string of the molecule is CCc1c(-c2ccc(O)cc2)c2ccc3ccc(COCCCN4CCCCC4)c1n32. The van der Waals surface area contributed by atoms with Gasteiger partial charge in [0, 0.05) is 29.8 Å². The van der Waals surface area contributed by atoms with Crippen molar-refractivity contribution in [2.75, 3.05) is 26.2 Å². The van der Waals surface area contributed by atoms with E-state index in [1.165, 1.54) is 65.6 Å². The molecule has 31 heavy (non-hydrogen) atoms. The highest BCUT2D eigenvalue weighted by Gasteiger charge is 2.20. The number of rotatable bonds is 8. The van der Waals surface area contributed by atoms with Gasteiger partial charge in [-0.3, -0.25) is 0 Å². The van der Waals surface area contributed by atoms with Crippen molar-refractivity contribution in [3.8, 4) is 16.9 Å². The van der Waals surface area contributed by atoms with E-state index < -0.39 is 0 Å². The van der Waals surface area contributed by atoms with Crippen molar-refractivity contribution in [1.29, 1.82) is 0 Å². The zero-order valence-electron chi connectivity index (χ0n) is 18.4. The van der Waals surface area contributed by atoms with Crippen molar-refractivity contribution < 1.29 is 9.84 Å². The third kappa shape index (κ3) is 3.90. The lowest BCUT2D eigenvalue weighted by molar-refractivity contribution is 0.106. The number of ether oxygens (including phenoxy) is 1. The van der Waals surface area contributed by atoms with Crippen LogP contribution >= 0.6 is 0 Å². The van der Waals surface area contributed by atoms with Crippen LogP contribution in [-0.2, 0) is 17.8 Å². The summed E-state index contributed by atoms with van der Waals surface area (Å²) in [6.07, 6.45) is 6.14. The van der Waals surface area contributed by atoms with Gasteiger partial charge in [-0.1, -0.05) is 31.5 Å². The van der Waals surface area contributed by atoms with E-state index in [2.05, 4.69) is 40.5 Å². The molecule has 0 unspecified atom stereocenters. The molecule has 4 heterocycles. The molecule has 1 N–H and O–H groups in total. The van der Waals surface area contributed by atoms with E-state index >= 15 is 0 Å². The first kappa shape index (κ1) is 20.3. The van der Waals surface area contributed by atoms with Crippen LogP contribution in [0.15, 0.2) is 48.5 Å². The molecule has 162 valence electrons. The number of likely N-dealkylation sites (tertiary alicyclic amines) is 1. The molecular weight excluding hydrogens is 384 g/mol. The van der Waals surface area contributed by atoms with Gasteiger partial charge in [-0.25, -0.2) is 0 Å². The van der Waals surface area contributed by atoms with E-state index in [-0.39, 0.29) is 0 Å². The fourth-order valence-corrected chi connectivity index (χ4v) is 5.20. The summed E-state index contributed by atoms with van der Waals surface area (Å²) >= 11 is 0. The van der Waals surface area contributed by atoms with Crippen molar-refractivity contribution in [2.45, 2.75) is 45.6 Å². The second kappa shape index (κ2) is 8.89. The van der Waals surface area contributed by atoms with Crippen LogP contribution in [0.25, 0.3) is 27.7 Å². The lowest BCUT2D eigenvalue weighted by Gasteiger charge is -2.26. The zero-order valence-corrected chi connectivity index (χ0v) is 18.4. The van der Waals surface area contributed by atoms with Gasteiger partial charge in [0.2, 0.25) is 0 Å². The molecule has 1 fully saturated rings. The largest absolute Gasteiger partial charge is 0.508 e. The Kier molecular flexibility index (Phi) is 5.84. The number of phenols is 1. The first-order chi connectivity index (χ1) is 15.3. The van der Waals surface area contributed by atoms with Gasteiger partial charge >= 0.3 is 0 Å². The third-order valence-corrected chi connectivity index (χ3v) is 6.72. The van der Waals surface area contributed by atoms with Crippen molar-refractivity contribution in [3.63, 3.8) is 0 Å². The monoisotopic (exact) mass is 416 g/mol. The van der Waals surface area contributed by atoms with Gasteiger partial charge in [-0.05, 0) is 80.2 Å². The van der Waals surface area contributed by atoms with Crippen LogP contribution in [0.2, 0.25) is 0 Å². The molecule has 0 atom stereocenters. The summed E-state index contributed by atoms with van der Waals surface area (Å²) in [7, 11) is 0. The summed E-state index contributed by atoms with van der Waals surface area (Å²) in [5.41, 5.74) is 8.79. The van der Waals surface area contributed by atoms with E-state index in [4.69, 9.17) is 4.74 Å². The highest BCUT2D eigenvalue weighted by atomic mass is 16.5. The van der Waals surface area contributed by atoms with Gasteiger partial charge in [0.05, 0.1) is 17.6 Å². The molecule has 4 aromatic rings. The van der Waals surface area contributed by atoms with Crippen molar-refractivity contribution >= 4 is 16.6 Å². The molecule has 0 bridgehead atoms. The summed E-state index contributed by atoms with van der Waals surface area (Å²) < 4.78 is 8.54. The molecule has 1 aliphatic rings. The number of aromatic hydroxyl groups is 1. The highest BCUT2D eigenvalue weighted by molar-refractivity contribution is 5.96. The van der Waals surface area contributed by atoms with Crippen LogP contribution in [0.1, 0.15) is 43.7 Å². The first-order valence-corrected chi connectivity index (χ1v) is 11.7. The Morgan fingerprint density at radius 1 is 0.935 bits per heavy atom. The summed E-state index contributed by atoms with van der Waals surface area (Å²) in [5, 5.41) is 9.74. The number of benzene rings is 1. The summed E-state index contributed by atoms with van der Waals surface area (Å²) in [6.45, 7) is 7.34. The topological polar surface area (TPSA) is 37.1 Å². The molecule has 1 saturated heterocycles. The normalized spacial score (nSPS) is 15.4. The molecule has 0 saturated carbocycles. The van der Waals surface area contributed by atoms with E-state index in [1.807, 2.05) is 12.1 Å². The minimum Gasteiger partial charge on any atom is -0.508 e. The number of pyridine rings is 1. The standard InChI is InChI=1S/C27H32N2O2/c1-2-24-26(20-8-12-23(30)13-9-20)25-14-11-22-10-7-21(27(24)29(22)25)19-31-18-6-17-28-15-4-3-5-16-28/h7-14,30H,2-6,15-19H2,1H3. The van der Waals surface area contributed by atoms with Crippen LogP contribution in [-0.4, -0.2) is 40.6 Å². The number of hydrogen-bond donors (Lipinski definition) is 1. The molecule has 0 spiro atoms. The molecule has 0 aliphatic carbocycles. The zero-order chi connectivity index (χ0) is 21.2. The van der Waals surface area contributed by atoms with Gasteiger partial charge in [0.1, 0.15) is 5.75 Å². The molecule has 1 aromatic carbocycles. The molecule has 0 amide bonds. The molecular formula is C27H32N2O2. The quantitative estimate of drug-likeness (QED) is 0.366. The molecule has 4 heteroatoms. The predicted molar refractivity (Wildman–Crippen MR) is 127 cm³/mol. The van der Waals surface area contributed by atoms with E-state index in [0.717, 1.165) is 31.6 Å². The maximum absolute atomic E-state index is 9.74. The van der Waals surface area contributed by atoms with E-state index in [9.17, 15) is 5.11 Å². The maximum Gasteiger partial charge on any atom is 0.115 e. The fraction of sp³-hybridized carbons (Fsp3) is 0.407. The Morgan fingerprint density at radius 2 is 1.71 bits per heavy atom. The number of hydrogen-bond acceptors (Lipinski definition) is 3. The average molecular weight is 417 g/mol. The minimum absolute atomic E-state index is 0.303. The van der Waals surface area contributed by atoms with Crippen molar-refractivity contribution in [2.24, 2.45) is 0 Å². The van der Waals surface area contributed by atoms with Gasteiger partial charge < -0.3 is 19.1 Å². The Morgan fingerprint density at radius 3 is 2.48 bits per heavy atom. The van der Waals surface area contributed by atoms with Gasteiger partial charge in [-0.15, -0.1) is 0 Å². The minimum atomic E-state index is 0.303. The van der Waals surface area contributed by atoms with Crippen LogP contribution < -0.4 is 0 Å². The molecule has 4 nitrogen and oxygen atoms in total. The number of aryl methyl sites for hydroxylation is 1. The average Bonchev–Trinajstić information content (AvgIpc) is 3.37. The van der Waals surface area contributed by atoms with Crippen molar-refractivity contribution in [1.82, 2.24) is 9.30 Å². The Bertz CT molecular complexity index is 1140. The Labute approximate surface area is 184 Å². The third-order valence-electron chi connectivity index (χ3n) is 6.72. The first-order valence-electron chi connectivity index (χ1n) is 11.7. The number of nitrogens with zero attached hydrogens (tertiary/aromatic N) is 2. The summed E-state index contributed by atoms with van der Waals surface area (Å²) in [5.74, 6) is 0.303. The highest BCUT2D eigenvalue weighted by Crippen LogP contribution is 2.39. The van der Waals surface area contributed by atoms with Crippen LogP contribution in [0.5, 0.6) is 5.75 Å². The van der Waals surface area contributed by atoms with Gasteiger partial charge in [0.15, 0.2) is 0 Å². The van der Waals surface area contributed by atoms with E-state index in [1.54, 1.807) is 12.1 Å². The van der Waals surface area contributed by atoms with Gasteiger partial charge in [-0.2, -0.15) is 0 Å². The molecule has 0 radical (unpaired) electrons. The smallest absolute Gasteiger partial charge is 0.115 e. The fourth-order valence-electron chi connectivity index (χ4n) is 5.20. The number of phenolic OH excluding ortho intramolecular Hbond substituents is 1. The number of aromatic nitrogens is 1. The second-order valence-corrected chi connectivity index (χ2v) is 8.75. The maximum atomic E-state index is 9.74. The van der Waals surface area contributed by atoms with Gasteiger partial charge in [0.25, 0.3) is 0 Å². The molecule has 5 rings (SSSR count).